The zero-order valence-electron chi connectivity index (χ0n) is 7.95. The molecule has 7 heteroatoms. The van der Waals surface area contributed by atoms with E-state index in [4.69, 9.17) is 14.9 Å². The zero-order valence-corrected chi connectivity index (χ0v) is 7.95. The number of aliphatic hydroxyl groups is 5. The van der Waals surface area contributed by atoms with Gasteiger partial charge in [0.2, 0.25) is 0 Å². The van der Waals surface area contributed by atoms with Gasteiger partial charge in [-0.25, -0.2) is 0 Å². The molecule has 7 nitrogen and oxygen atoms in total. The van der Waals surface area contributed by atoms with E-state index in [1.165, 1.54) is 0 Å². The van der Waals surface area contributed by atoms with Gasteiger partial charge in [-0.3, -0.25) is 0 Å². The van der Waals surface area contributed by atoms with Gasteiger partial charge < -0.3 is 35.6 Å². The number of ether oxygens (including phenoxy) is 1. The van der Waals surface area contributed by atoms with Gasteiger partial charge >= 0.3 is 0 Å². The molecule has 0 amide bonds. The molecular weight excluding hydrogens is 206 g/mol. The topological polar surface area (TPSA) is 122 Å². The molecule has 1 heterocycles. The van der Waals surface area contributed by atoms with Crippen molar-refractivity contribution in [3.8, 4) is 0 Å². The van der Waals surface area contributed by atoms with Crippen LogP contribution in [0.3, 0.4) is 0 Å². The molecular formula is C8H15NO6. The molecule has 0 radical (unpaired) electrons. The first kappa shape index (κ1) is 12.2. The van der Waals surface area contributed by atoms with E-state index in [2.05, 4.69) is 11.9 Å². The summed E-state index contributed by atoms with van der Waals surface area (Å²) in [6.45, 7) is 2.59. The smallest absolute Gasteiger partial charge is 0.178 e. The minimum absolute atomic E-state index is 0.462. The number of rotatable bonds is 3. The Kier molecular flexibility index (Phi) is 3.89. The third-order valence-corrected chi connectivity index (χ3v) is 2.23. The van der Waals surface area contributed by atoms with Gasteiger partial charge in [-0.1, -0.05) is 0 Å². The molecule has 0 aromatic heterocycles. The molecule has 1 fully saturated rings. The molecule has 6 N–H and O–H groups in total. The van der Waals surface area contributed by atoms with Gasteiger partial charge in [-0.2, -0.15) is 0 Å². The summed E-state index contributed by atoms with van der Waals surface area (Å²) in [5, 5.41) is 48.2. The number of nitrogens with one attached hydrogen (secondary N) is 1. The van der Waals surface area contributed by atoms with Crippen molar-refractivity contribution in [2.75, 3.05) is 6.61 Å². The van der Waals surface area contributed by atoms with Gasteiger partial charge in [-0.15, -0.1) is 0 Å². The van der Waals surface area contributed by atoms with Crippen molar-refractivity contribution in [1.82, 2.24) is 5.32 Å². The van der Waals surface area contributed by atoms with Crippen LogP contribution in [0.15, 0.2) is 12.5 Å². The second-order valence-electron chi connectivity index (χ2n) is 3.35. The normalized spacial score (nSPS) is 41.2. The zero-order chi connectivity index (χ0) is 11.6. The highest BCUT2D eigenvalue weighted by atomic mass is 16.6. The van der Waals surface area contributed by atoms with Crippen LogP contribution < -0.4 is 5.32 Å². The van der Waals surface area contributed by atoms with Crippen molar-refractivity contribution in [3.63, 3.8) is 0 Å². The van der Waals surface area contributed by atoms with Crippen LogP contribution in [0, 0.1) is 0 Å². The predicted molar refractivity (Wildman–Crippen MR) is 48.7 cm³/mol. The molecule has 15 heavy (non-hydrogen) atoms. The molecule has 0 aliphatic carbocycles. The number of hydrogen-bond donors (Lipinski definition) is 6. The van der Waals surface area contributed by atoms with Gasteiger partial charge in [0.1, 0.15) is 24.4 Å². The predicted octanol–water partition coefficient (Wildman–Crippen LogP) is -2.59. The van der Waals surface area contributed by atoms with Gasteiger partial charge in [0.25, 0.3) is 0 Å². The summed E-state index contributed by atoms with van der Waals surface area (Å²) in [6, 6.07) is -1.10. The summed E-state index contributed by atoms with van der Waals surface area (Å²) in [5.74, 6) is -0.462. The summed E-state index contributed by atoms with van der Waals surface area (Å²) in [5.41, 5.74) is 0. The SMILES string of the molecule is C=C(O)NC1C(O)OC(CO)C(O)C1O. The molecule has 1 aliphatic rings. The van der Waals surface area contributed by atoms with E-state index in [0.717, 1.165) is 0 Å². The van der Waals surface area contributed by atoms with Crippen LogP contribution >= 0.6 is 0 Å². The molecule has 1 saturated heterocycles. The Morgan fingerprint density at radius 2 is 1.87 bits per heavy atom. The van der Waals surface area contributed by atoms with Crippen LogP contribution in [0.1, 0.15) is 0 Å². The second kappa shape index (κ2) is 4.77. The fraction of sp³-hybridized carbons (Fsp3) is 0.750. The Labute approximate surface area is 86.2 Å². The number of hydrogen-bond acceptors (Lipinski definition) is 7. The van der Waals surface area contributed by atoms with Crippen LogP contribution in [0.25, 0.3) is 0 Å². The van der Waals surface area contributed by atoms with E-state index in [9.17, 15) is 15.3 Å². The lowest BCUT2D eigenvalue weighted by molar-refractivity contribution is -0.254. The molecule has 1 aliphatic heterocycles. The quantitative estimate of drug-likeness (QED) is 0.289. The fourth-order valence-corrected chi connectivity index (χ4v) is 1.45. The third kappa shape index (κ3) is 2.58. The van der Waals surface area contributed by atoms with Crippen molar-refractivity contribution in [3.05, 3.63) is 12.5 Å². The molecule has 0 aromatic carbocycles. The Balaban J connectivity index is 2.70. The van der Waals surface area contributed by atoms with Crippen LogP contribution in [0.2, 0.25) is 0 Å². The Bertz CT molecular complexity index is 235. The summed E-state index contributed by atoms with van der Waals surface area (Å²) < 4.78 is 4.81. The van der Waals surface area contributed by atoms with Crippen molar-refractivity contribution < 1.29 is 30.3 Å². The molecule has 5 unspecified atom stereocenters. The summed E-state index contributed by atoms with van der Waals surface area (Å²) in [6.07, 6.45) is -5.24. The minimum atomic E-state index is -1.45. The highest BCUT2D eigenvalue weighted by molar-refractivity contribution is 4.96. The van der Waals surface area contributed by atoms with E-state index in [1.807, 2.05) is 0 Å². The van der Waals surface area contributed by atoms with Gasteiger partial charge in [0.15, 0.2) is 12.2 Å². The standard InChI is InChI=1S/C8H15NO6/c1-3(11)9-5-7(13)6(12)4(2-10)15-8(5)14/h4-14H,1-2H2. The molecule has 0 bridgehead atoms. The Morgan fingerprint density at radius 3 is 2.33 bits per heavy atom. The second-order valence-corrected chi connectivity index (χ2v) is 3.35. The van der Waals surface area contributed by atoms with E-state index in [-0.39, 0.29) is 0 Å². The highest BCUT2D eigenvalue weighted by Gasteiger charge is 2.43. The first-order valence-electron chi connectivity index (χ1n) is 4.42. The van der Waals surface area contributed by atoms with E-state index in [0.29, 0.717) is 0 Å². The lowest BCUT2D eigenvalue weighted by Crippen LogP contribution is -2.63. The highest BCUT2D eigenvalue weighted by Crippen LogP contribution is 2.19. The van der Waals surface area contributed by atoms with Gasteiger partial charge in [0.05, 0.1) is 6.61 Å². The third-order valence-electron chi connectivity index (χ3n) is 2.23. The van der Waals surface area contributed by atoms with Crippen molar-refractivity contribution in [2.24, 2.45) is 0 Å². The van der Waals surface area contributed by atoms with Crippen LogP contribution in [-0.2, 0) is 4.74 Å². The fourth-order valence-electron chi connectivity index (χ4n) is 1.45. The molecule has 0 saturated carbocycles. The molecule has 88 valence electrons. The van der Waals surface area contributed by atoms with E-state index >= 15 is 0 Å². The van der Waals surface area contributed by atoms with Crippen molar-refractivity contribution >= 4 is 0 Å². The van der Waals surface area contributed by atoms with Gasteiger partial charge in [-0.05, 0) is 6.58 Å². The molecule has 0 spiro atoms. The maximum atomic E-state index is 9.54. The monoisotopic (exact) mass is 221 g/mol. The average Bonchev–Trinajstić information content (AvgIpc) is 2.18. The molecule has 5 atom stereocenters. The van der Waals surface area contributed by atoms with Gasteiger partial charge in [0, 0.05) is 0 Å². The largest absolute Gasteiger partial charge is 0.495 e. The Hall–Kier alpha value is -0.860. The minimum Gasteiger partial charge on any atom is -0.495 e. The lowest BCUT2D eigenvalue weighted by Gasteiger charge is -2.40. The summed E-state index contributed by atoms with van der Waals surface area (Å²) in [4.78, 5) is 0. The molecule has 0 aromatic rings. The first-order chi connectivity index (χ1) is 6.97. The maximum Gasteiger partial charge on any atom is 0.178 e. The Morgan fingerprint density at radius 1 is 1.27 bits per heavy atom. The van der Waals surface area contributed by atoms with E-state index in [1.54, 1.807) is 0 Å². The first-order valence-corrected chi connectivity index (χ1v) is 4.42. The maximum absolute atomic E-state index is 9.54. The summed E-state index contributed by atoms with van der Waals surface area (Å²) >= 11 is 0. The lowest BCUT2D eigenvalue weighted by atomic mass is 9.97. The summed E-state index contributed by atoms with van der Waals surface area (Å²) in [7, 11) is 0. The average molecular weight is 221 g/mol. The van der Waals surface area contributed by atoms with Crippen molar-refractivity contribution in [1.29, 1.82) is 0 Å². The van der Waals surface area contributed by atoms with Crippen LogP contribution in [0.5, 0.6) is 0 Å². The van der Waals surface area contributed by atoms with Crippen LogP contribution in [0.4, 0.5) is 0 Å². The van der Waals surface area contributed by atoms with Crippen molar-refractivity contribution in [2.45, 2.75) is 30.6 Å². The number of aliphatic hydroxyl groups excluding tert-OH is 5. The van der Waals surface area contributed by atoms with Crippen LogP contribution in [-0.4, -0.2) is 62.8 Å². The van der Waals surface area contributed by atoms with E-state index < -0.39 is 43.1 Å². The molecule has 1 rings (SSSR count).